The molecule has 2 atom stereocenters. The van der Waals surface area contributed by atoms with Gasteiger partial charge in [0.2, 0.25) is 0 Å². The summed E-state index contributed by atoms with van der Waals surface area (Å²) in [6, 6.07) is 12.2. The fourth-order valence-corrected chi connectivity index (χ4v) is 2.51. The smallest absolute Gasteiger partial charge is 0.124 e. The minimum absolute atomic E-state index is 0.0442. The highest BCUT2D eigenvalue weighted by molar-refractivity contribution is 6.30. The number of halogens is 1. The molecule has 0 bridgehead atoms. The van der Waals surface area contributed by atoms with Crippen molar-refractivity contribution in [3.05, 3.63) is 58.6 Å². The van der Waals surface area contributed by atoms with Crippen LogP contribution in [0.25, 0.3) is 0 Å². The summed E-state index contributed by atoms with van der Waals surface area (Å²) in [5.74, 6) is 0.173. The quantitative estimate of drug-likeness (QED) is 0.793. The van der Waals surface area contributed by atoms with Gasteiger partial charge in [0.1, 0.15) is 11.5 Å². The molecule has 0 fully saturated rings. The number of benzene rings is 2. The van der Waals surface area contributed by atoms with Crippen LogP contribution in [0, 0.1) is 0 Å². The normalized spacial score (nSPS) is 13.9. The van der Waals surface area contributed by atoms with Gasteiger partial charge in [0.15, 0.2) is 0 Å². The molecule has 2 aromatic carbocycles. The predicted octanol–water partition coefficient (Wildman–Crippen LogP) is 4.16. The summed E-state index contributed by atoms with van der Waals surface area (Å²) in [4.78, 5) is 0. The van der Waals surface area contributed by atoms with Gasteiger partial charge >= 0.3 is 0 Å². The molecule has 3 nitrogen and oxygen atoms in total. The van der Waals surface area contributed by atoms with E-state index in [1.165, 1.54) is 0 Å². The molecule has 0 spiro atoms. The predicted molar refractivity (Wildman–Crippen MR) is 81.2 cm³/mol. The van der Waals surface area contributed by atoms with Gasteiger partial charge in [-0.15, -0.1) is 0 Å². The number of rotatable bonds is 4. The third-order valence-corrected chi connectivity index (χ3v) is 3.58. The number of hydrogen-bond donors (Lipinski definition) is 3. The average molecular weight is 292 g/mol. The maximum atomic E-state index is 9.87. The Morgan fingerprint density at radius 3 is 2.15 bits per heavy atom. The van der Waals surface area contributed by atoms with E-state index in [9.17, 15) is 10.2 Å². The van der Waals surface area contributed by atoms with Crippen molar-refractivity contribution in [3.8, 4) is 11.5 Å². The fourth-order valence-electron chi connectivity index (χ4n) is 2.32. The number of hydrogen-bond acceptors (Lipinski definition) is 3. The van der Waals surface area contributed by atoms with Gasteiger partial charge in [0.05, 0.1) is 5.56 Å². The monoisotopic (exact) mass is 291 g/mol. The van der Waals surface area contributed by atoms with Gasteiger partial charge in [-0.1, -0.05) is 29.8 Å². The Bertz CT molecular complexity index is 581. The number of phenols is 2. The molecule has 0 amide bonds. The Hall–Kier alpha value is -1.71. The van der Waals surface area contributed by atoms with Crippen LogP contribution in [0.4, 0.5) is 0 Å². The van der Waals surface area contributed by atoms with E-state index >= 15 is 0 Å². The highest BCUT2D eigenvalue weighted by Crippen LogP contribution is 2.33. The maximum Gasteiger partial charge on any atom is 0.124 e. The largest absolute Gasteiger partial charge is 0.507 e. The molecule has 0 heterocycles. The van der Waals surface area contributed by atoms with Crippen LogP contribution in [0.3, 0.4) is 0 Å². The van der Waals surface area contributed by atoms with E-state index in [1.54, 1.807) is 18.2 Å². The molecule has 0 radical (unpaired) electrons. The van der Waals surface area contributed by atoms with E-state index < -0.39 is 0 Å². The second kappa shape index (κ2) is 6.16. The van der Waals surface area contributed by atoms with Crippen LogP contribution in [0.5, 0.6) is 11.5 Å². The van der Waals surface area contributed by atoms with Crippen molar-refractivity contribution in [1.29, 1.82) is 0 Å². The van der Waals surface area contributed by atoms with Crippen LogP contribution in [-0.4, -0.2) is 10.2 Å². The lowest BCUT2D eigenvalue weighted by molar-refractivity contribution is 0.407. The van der Waals surface area contributed by atoms with Gasteiger partial charge in [-0.25, -0.2) is 0 Å². The van der Waals surface area contributed by atoms with E-state index in [2.05, 4.69) is 5.32 Å². The Morgan fingerprint density at radius 1 is 0.950 bits per heavy atom. The molecule has 2 rings (SSSR count). The molecule has 0 saturated heterocycles. The van der Waals surface area contributed by atoms with Crippen molar-refractivity contribution < 1.29 is 10.2 Å². The van der Waals surface area contributed by atoms with Crippen molar-refractivity contribution in [2.45, 2.75) is 25.9 Å². The Kier molecular flexibility index (Phi) is 4.53. The lowest BCUT2D eigenvalue weighted by Gasteiger charge is -2.22. The summed E-state index contributed by atoms with van der Waals surface area (Å²) in [5, 5.41) is 23.8. The first-order valence-electron chi connectivity index (χ1n) is 6.51. The zero-order valence-corrected chi connectivity index (χ0v) is 12.2. The van der Waals surface area contributed by atoms with Crippen LogP contribution in [-0.2, 0) is 0 Å². The number of nitrogens with one attached hydrogen (secondary N) is 1. The summed E-state index contributed by atoms with van der Waals surface area (Å²) in [5.41, 5.74) is 1.56. The van der Waals surface area contributed by atoms with Crippen molar-refractivity contribution in [2.24, 2.45) is 0 Å². The molecule has 106 valence electrons. The molecule has 0 aliphatic rings. The van der Waals surface area contributed by atoms with Gasteiger partial charge in [-0.2, -0.15) is 0 Å². The molecule has 0 aliphatic carbocycles. The third kappa shape index (κ3) is 3.24. The molecule has 0 saturated carbocycles. The highest BCUT2D eigenvalue weighted by Gasteiger charge is 2.17. The van der Waals surface area contributed by atoms with E-state index in [0.717, 1.165) is 5.56 Å². The van der Waals surface area contributed by atoms with Crippen LogP contribution in [0.15, 0.2) is 42.5 Å². The second-order valence-corrected chi connectivity index (χ2v) is 5.31. The zero-order valence-electron chi connectivity index (χ0n) is 11.5. The molecule has 4 heteroatoms. The lowest BCUT2D eigenvalue weighted by atomic mass is 10.0. The lowest BCUT2D eigenvalue weighted by Crippen LogP contribution is -2.22. The van der Waals surface area contributed by atoms with E-state index in [4.69, 9.17) is 11.6 Å². The SMILES string of the molecule is CC(N[C@@H](C)c1cccc(Cl)c1)c1c(O)cccc1O. The van der Waals surface area contributed by atoms with Crippen molar-refractivity contribution >= 4 is 11.6 Å². The molecule has 0 aliphatic heterocycles. The number of aromatic hydroxyl groups is 2. The first-order chi connectivity index (χ1) is 9.49. The minimum Gasteiger partial charge on any atom is -0.507 e. The van der Waals surface area contributed by atoms with Crippen molar-refractivity contribution in [3.63, 3.8) is 0 Å². The highest BCUT2D eigenvalue weighted by atomic mass is 35.5. The van der Waals surface area contributed by atoms with Gasteiger partial charge in [-0.05, 0) is 43.7 Å². The van der Waals surface area contributed by atoms with E-state index in [1.807, 2.05) is 38.1 Å². The van der Waals surface area contributed by atoms with Gasteiger partial charge < -0.3 is 15.5 Å². The Balaban J connectivity index is 2.17. The van der Waals surface area contributed by atoms with E-state index in [0.29, 0.717) is 10.6 Å². The number of phenolic OH excluding ortho intramolecular Hbond substituents is 2. The summed E-state index contributed by atoms with van der Waals surface area (Å²) in [6.45, 7) is 3.91. The van der Waals surface area contributed by atoms with Crippen LogP contribution >= 0.6 is 11.6 Å². The topological polar surface area (TPSA) is 52.5 Å². The fraction of sp³-hybridized carbons (Fsp3) is 0.250. The van der Waals surface area contributed by atoms with Crippen LogP contribution < -0.4 is 5.32 Å². The summed E-state index contributed by atoms with van der Waals surface area (Å²) in [7, 11) is 0. The van der Waals surface area contributed by atoms with Crippen molar-refractivity contribution in [1.82, 2.24) is 5.32 Å². The van der Waals surface area contributed by atoms with Crippen LogP contribution in [0.2, 0.25) is 5.02 Å². The summed E-state index contributed by atoms with van der Waals surface area (Å²) in [6.07, 6.45) is 0. The summed E-state index contributed by atoms with van der Waals surface area (Å²) >= 11 is 5.99. The zero-order chi connectivity index (χ0) is 14.7. The minimum atomic E-state index is -0.190. The molecule has 20 heavy (non-hydrogen) atoms. The van der Waals surface area contributed by atoms with Crippen molar-refractivity contribution in [2.75, 3.05) is 0 Å². The van der Waals surface area contributed by atoms with Gasteiger partial charge in [-0.3, -0.25) is 0 Å². The Labute approximate surface area is 123 Å². The second-order valence-electron chi connectivity index (χ2n) is 4.87. The molecule has 1 unspecified atom stereocenters. The Morgan fingerprint density at radius 2 is 1.55 bits per heavy atom. The van der Waals surface area contributed by atoms with Crippen LogP contribution in [0.1, 0.15) is 37.1 Å². The first kappa shape index (κ1) is 14.7. The molecule has 0 aromatic heterocycles. The first-order valence-corrected chi connectivity index (χ1v) is 6.89. The third-order valence-electron chi connectivity index (χ3n) is 3.34. The summed E-state index contributed by atoms with van der Waals surface area (Å²) < 4.78 is 0. The van der Waals surface area contributed by atoms with Gasteiger partial charge in [0, 0.05) is 17.1 Å². The molecular weight excluding hydrogens is 274 g/mol. The molecule has 3 N–H and O–H groups in total. The van der Waals surface area contributed by atoms with Gasteiger partial charge in [0.25, 0.3) is 0 Å². The standard InChI is InChI=1S/C16H18ClNO2/c1-10(12-5-3-6-13(17)9-12)18-11(2)16-14(19)7-4-8-15(16)20/h3-11,18-20H,1-2H3/t10-,11?/m0/s1. The maximum absolute atomic E-state index is 9.87. The molecule has 2 aromatic rings. The van der Waals surface area contributed by atoms with E-state index in [-0.39, 0.29) is 23.6 Å². The average Bonchev–Trinajstić information content (AvgIpc) is 2.38. The molecular formula is C16H18ClNO2.